The van der Waals surface area contributed by atoms with Crippen molar-refractivity contribution < 1.29 is 4.52 Å². The van der Waals surface area contributed by atoms with Gasteiger partial charge < -0.3 is 4.52 Å². The van der Waals surface area contributed by atoms with Gasteiger partial charge in [-0.2, -0.15) is 4.98 Å². The van der Waals surface area contributed by atoms with Crippen LogP contribution in [0, 0.1) is 0 Å². The van der Waals surface area contributed by atoms with Crippen molar-refractivity contribution in [2.75, 3.05) is 0 Å². The first-order valence-electron chi connectivity index (χ1n) is 5.24. The van der Waals surface area contributed by atoms with Gasteiger partial charge in [0.15, 0.2) is 5.82 Å². The maximum Gasteiger partial charge on any atom is 0.258 e. The lowest BCUT2D eigenvalue weighted by Gasteiger charge is -1.94. The van der Waals surface area contributed by atoms with Crippen molar-refractivity contribution >= 4 is 11.6 Å². The molecule has 2 heterocycles. The molecule has 0 unspecified atom stereocenters. The molecule has 3 rings (SSSR count). The Balaban J connectivity index is 1.85. The Labute approximate surface area is 107 Å². The lowest BCUT2D eigenvalue weighted by atomic mass is 10.2. The summed E-state index contributed by atoms with van der Waals surface area (Å²) in [5, 5.41) is 12.0. The molecular weight excluding hydrogens is 254 g/mol. The fourth-order valence-electron chi connectivity index (χ4n) is 1.52. The molecule has 0 aliphatic carbocycles. The highest BCUT2D eigenvalue weighted by atomic mass is 35.5. The molecule has 0 amide bonds. The zero-order valence-electron chi connectivity index (χ0n) is 9.19. The first-order chi connectivity index (χ1) is 8.81. The summed E-state index contributed by atoms with van der Waals surface area (Å²) in [5.41, 5.74) is 0.792. The predicted molar refractivity (Wildman–Crippen MR) is 63.9 cm³/mol. The highest BCUT2D eigenvalue weighted by Crippen LogP contribution is 2.20. The second-order valence-corrected chi connectivity index (χ2v) is 4.06. The molecule has 0 atom stereocenters. The third kappa shape index (κ3) is 2.23. The molecule has 90 valence electrons. The molecule has 2 aromatic heterocycles. The molecular formula is C11H8ClN5O. The van der Waals surface area contributed by atoms with Gasteiger partial charge in [-0.3, -0.25) is 0 Å². The fourth-order valence-corrected chi connectivity index (χ4v) is 1.71. The molecule has 0 radical (unpaired) electrons. The van der Waals surface area contributed by atoms with Crippen LogP contribution in [-0.2, 0) is 6.54 Å². The summed E-state index contributed by atoms with van der Waals surface area (Å²) in [7, 11) is 0. The summed E-state index contributed by atoms with van der Waals surface area (Å²) in [4.78, 5) is 4.27. The van der Waals surface area contributed by atoms with Gasteiger partial charge >= 0.3 is 0 Å². The van der Waals surface area contributed by atoms with Gasteiger partial charge in [-0.25, -0.2) is 4.68 Å². The Morgan fingerprint density at radius 3 is 3.06 bits per heavy atom. The summed E-state index contributed by atoms with van der Waals surface area (Å²) in [6.45, 7) is 0.421. The maximum atomic E-state index is 5.90. The van der Waals surface area contributed by atoms with E-state index in [1.54, 1.807) is 29.2 Å². The molecule has 0 saturated heterocycles. The summed E-state index contributed by atoms with van der Waals surface area (Å²) < 4.78 is 6.79. The van der Waals surface area contributed by atoms with Gasteiger partial charge in [-0.05, 0) is 18.2 Å². The van der Waals surface area contributed by atoms with Crippen LogP contribution < -0.4 is 0 Å². The highest BCUT2D eigenvalue weighted by molar-refractivity contribution is 6.30. The molecule has 0 bridgehead atoms. The van der Waals surface area contributed by atoms with Crippen molar-refractivity contribution in [2.45, 2.75) is 6.54 Å². The molecule has 18 heavy (non-hydrogen) atoms. The van der Waals surface area contributed by atoms with E-state index in [-0.39, 0.29) is 0 Å². The van der Waals surface area contributed by atoms with Crippen molar-refractivity contribution in [1.82, 2.24) is 25.1 Å². The van der Waals surface area contributed by atoms with Gasteiger partial charge in [0.2, 0.25) is 0 Å². The van der Waals surface area contributed by atoms with Gasteiger partial charge in [0, 0.05) is 16.8 Å². The molecule has 0 aliphatic heterocycles. The minimum atomic E-state index is 0.421. The summed E-state index contributed by atoms with van der Waals surface area (Å²) in [6.07, 6.45) is 3.33. The Morgan fingerprint density at radius 2 is 2.28 bits per heavy atom. The average Bonchev–Trinajstić information content (AvgIpc) is 3.01. The normalized spacial score (nSPS) is 10.7. The van der Waals surface area contributed by atoms with E-state index in [0.29, 0.717) is 23.3 Å². The Kier molecular flexibility index (Phi) is 2.77. The Morgan fingerprint density at radius 1 is 1.33 bits per heavy atom. The summed E-state index contributed by atoms with van der Waals surface area (Å²) >= 11 is 5.90. The van der Waals surface area contributed by atoms with Crippen LogP contribution in [0.1, 0.15) is 5.82 Å². The van der Waals surface area contributed by atoms with Crippen LogP contribution in [0.3, 0.4) is 0 Å². The third-order valence-corrected chi connectivity index (χ3v) is 2.55. The molecule has 0 saturated carbocycles. The van der Waals surface area contributed by atoms with Crippen LogP contribution in [0.5, 0.6) is 0 Å². The number of halogens is 1. The number of nitrogens with zero attached hydrogens (tertiary/aromatic N) is 5. The van der Waals surface area contributed by atoms with Gasteiger partial charge in [0.25, 0.3) is 5.89 Å². The van der Waals surface area contributed by atoms with E-state index >= 15 is 0 Å². The largest absolute Gasteiger partial charge is 0.334 e. The van der Waals surface area contributed by atoms with E-state index in [9.17, 15) is 0 Å². The zero-order chi connectivity index (χ0) is 12.4. The number of benzene rings is 1. The van der Waals surface area contributed by atoms with E-state index in [2.05, 4.69) is 20.5 Å². The van der Waals surface area contributed by atoms with E-state index < -0.39 is 0 Å². The first kappa shape index (κ1) is 10.9. The van der Waals surface area contributed by atoms with Crippen molar-refractivity contribution in [3.05, 3.63) is 47.5 Å². The van der Waals surface area contributed by atoms with Crippen LogP contribution in [0.15, 0.2) is 41.2 Å². The van der Waals surface area contributed by atoms with Gasteiger partial charge in [0.1, 0.15) is 6.54 Å². The molecule has 3 aromatic rings. The van der Waals surface area contributed by atoms with Crippen LogP contribution in [0.2, 0.25) is 5.02 Å². The van der Waals surface area contributed by atoms with Gasteiger partial charge in [-0.15, -0.1) is 5.10 Å². The number of hydrogen-bond donors (Lipinski definition) is 0. The van der Waals surface area contributed by atoms with Gasteiger partial charge in [0.05, 0.1) is 6.20 Å². The Bertz CT molecular complexity index is 649. The minimum Gasteiger partial charge on any atom is -0.334 e. The predicted octanol–water partition coefficient (Wildman–Crippen LogP) is 2.03. The summed E-state index contributed by atoms with van der Waals surface area (Å²) in [5.74, 6) is 0.975. The lowest BCUT2D eigenvalue weighted by molar-refractivity contribution is 0.418. The van der Waals surface area contributed by atoms with E-state index in [1.807, 2.05) is 12.1 Å². The van der Waals surface area contributed by atoms with Crippen molar-refractivity contribution in [1.29, 1.82) is 0 Å². The third-order valence-electron chi connectivity index (χ3n) is 2.32. The van der Waals surface area contributed by atoms with Crippen LogP contribution in [-0.4, -0.2) is 25.1 Å². The molecule has 0 spiro atoms. The number of rotatable bonds is 3. The smallest absolute Gasteiger partial charge is 0.258 e. The van der Waals surface area contributed by atoms with Crippen molar-refractivity contribution in [2.24, 2.45) is 0 Å². The first-order valence-corrected chi connectivity index (χ1v) is 5.62. The van der Waals surface area contributed by atoms with Crippen LogP contribution in [0.4, 0.5) is 0 Å². The molecule has 1 aromatic carbocycles. The monoisotopic (exact) mass is 261 g/mol. The van der Waals surface area contributed by atoms with Crippen molar-refractivity contribution in [3.63, 3.8) is 0 Å². The van der Waals surface area contributed by atoms with E-state index in [4.69, 9.17) is 16.1 Å². The zero-order valence-corrected chi connectivity index (χ0v) is 9.95. The quantitative estimate of drug-likeness (QED) is 0.721. The SMILES string of the molecule is Clc1cccc(-c2nc(Cn3ccnn3)no2)c1. The van der Waals surface area contributed by atoms with Crippen LogP contribution >= 0.6 is 11.6 Å². The maximum absolute atomic E-state index is 5.90. The fraction of sp³-hybridized carbons (Fsp3) is 0.0909. The van der Waals surface area contributed by atoms with Crippen LogP contribution in [0.25, 0.3) is 11.5 Å². The second-order valence-electron chi connectivity index (χ2n) is 3.63. The molecule has 6 nitrogen and oxygen atoms in total. The van der Waals surface area contributed by atoms with Gasteiger partial charge in [-0.1, -0.05) is 28.0 Å². The number of hydrogen-bond acceptors (Lipinski definition) is 5. The molecule has 0 aliphatic rings. The molecule has 7 heteroatoms. The van der Waals surface area contributed by atoms with E-state index in [1.165, 1.54) is 0 Å². The molecule has 0 N–H and O–H groups in total. The highest BCUT2D eigenvalue weighted by Gasteiger charge is 2.09. The second kappa shape index (κ2) is 4.58. The Hall–Kier alpha value is -2.21. The number of aromatic nitrogens is 5. The minimum absolute atomic E-state index is 0.421. The van der Waals surface area contributed by atoms with Crippen molar-refractivity contribution in [3.8, 4) is 11.5 Å². The average molecular weight is 262 g/mol. The topological polar surface area (TPSA) is 69.6 Å². The lowest BCUT2D eigenvalue weighted by Crippen LogP contribution is -2.02. The standard InChI is InChI=1S/C11H8ClN5O/c12-9-3-1-2-8(6-9)11-14-10(15-18-11)7-17-5-4-13-16-17/h1-6H,7H2. The summed E-state index contributed by atoms with van der Waals surface area (Å²) in [6, 6.07) is 7.25. The van der Waals surface area contributed by atoms with E-state index in [0.717, 1.165) is 5.56 Å². The molecule has 0 fully saturated rings.